The molecule has 0 aliphatic heterocycles. The van der Waals surface area contributed by atoms with Crippen LogP contribution in [0.2, 0.25) is 0 Å². The number of hydrogen-bond donors (Lipinski definition) is 3. The second kappa shape index (κ2) is 6.86. The van der Waals surface area contributed by atoms with Crippen LogP contribution in [-0.2, 0) is 4.79 Å². The molecule has 4 N–H and O–H groups in total. The van der Waals surface area contributed by atoms with Gasteiger partial charge in [0.1, 0.15) is 0 Å². The molecule has 0 aliphatic carbocycles. The van der Waals surface area contributed by atoms with Crippen LogP contribution in [0.3, 0.4) is 0 Å². The molecule has 0 bridgehead atoms. The lowest BCUT2D eigenvalue weighted by molar-refractivity contribution is -0.123. The third-order valence-corrected chi connectivity index (χ3v) is 2.33. The lowest BCUT2D eigenvalue weighted by Crippen LogP contribution is -2.39. The predicted molar refractivity (Wildman–Crippen MR) is 65.9 cm³/mol. The zero-order valence-corrected chi connectivity index (χ0v) is 10.9. The number of nitrogens with two attached hydrogens (primary N) is 1. The van der Waals surface area contributed by atoms with Gasteiger partial charge in [-0.05, 0) is 38.6 Å². The number of rotatable bonds is 7. The molecule has 0 unspecified atom stereocenters. The van der Waals surface area contributed by atoms with Crippen molar-refractivity contribution in [3.8, 4) is 0 Å². The highest BCUT2D eigenvalue weighted by atomic mass is 16.3. The number of amides is 1. The van der Waals surface area contributed by atoms with Gasteiger partial charge in [-0.3, -0.25) is 4.79 Å². The average Bonchev–Trinajstić information content (AvgIpc) is 2.12. The molecule has 0 saturated carbocycles. The molecular formula is C12H26N2O2. The number of aliphatic hydroxyl groups is 1. The summed E-state index contributed by atoms with van der Waals surface area (Å²) in [6.45, 7) is 8.40. The Bertz CT molecular complexity index is 210. The third kappa shape index (κ3) is 8.68. The van der Waals surface area contributed by atoms with Gasteiger partial charge in [-0.15, -0.1) is 0 Å². The van der Waals surface area contributed by atoms with Gasteiger partial charge in [0.2, 0.25) is 5.91 Å². The molecular weight excluding hydrogens is 204 g/mol. The van der Waals surface area contributed by atoms with Gasteiger partial charge in [-0.1, -0.05) is 13.8 Å². The van der Waals surface area contributed by atoms with E-state index in [4.69, 9.17) is 5.73 Å². The van der Waals surface area contributed by atoms with Gasteiger partial charge in [0.25, 0.3) is 0 Å². The fourth-order valence-corrected chi connectivity index (χ4v) is 1.58. The minimum Gasteiger partial charge on any atom is -0.389 e. The number of hydrogen-bond acceptors (Lipinski definition) is 3. The Morgan fingerprint density at radius 1 is 1.44 bits per heavy atom. The minimum atomic E-state index is -0.855. The summed E-state index contributed by atoms with van der Waals surface area (Å²) in [7, 11) is 0. The van der Waals surface area contributed by atoms with E-state index in [0.717, 1.165) is 6.42 Å². The maximum Gasteiger partial charge on any atom is 0.220 e. The van der Waals surface area contributed by atoms with E-state index in [9.17, 15) is 9.90 Å². The van der Waals surface area contributed by atoms with Gasteiger partial charge in [0, 0.05) is 13.0 Å². The fraction of sp³-hybridized carbons (Fsp3) is 0.917. The van der Waals surface area contributed by atoms with E-state index in [1.807, 2.05) is 0 Å². The molecule has 1 atom stereocenters. The van der Waals surface area contributed by atoms with Crippen LogP contribution < -0.4 is 11.1 Å². The summed E-state index contributed by atoms with van der Waals surface area (Å²) in [4.78, 5) is 11.6. The monoisotopic (exact) mass is 230 g/mol. The SMILES string of the molecule is CC(C)C[C@H](CN)CC(=O)NCC(C)(C)O. The summed E-state index contributed by atoms with van der Waals surface area (Å²) in [6.07, 6.45) is 1.41. The molecule has 4 heteroatoms. The van der Waals surface area contributed by atoms with Gasteiger partial charge in [-0.2, -0.15) is 0 Å². The van der Waals surface area contributed by atoms with Crippen LogP contribution >= 0.6 is 0 Å². The molecule has 0 aliphatic rings. The first-order chi connectivity index (χ1) is 7.24. The second-order valence-electron chi connectivity index (χ2n) is 5.52. The summed E-state index contributed by atoms with van der Waals surface area (Å²) in [6, 6.07) is 0. The lowest BCUT2D eigenvalue weighted by atomic mass is 9.94. The highest BCUT2D eigenvalue weighted by Crippen LogP contribution is 2.14. The van der Waals surface area contributed by atoms with Crippen molar-refractivity contribution >= 4 is 5.91 Å². The van der Waals surface area contributed by atoms with Crippen molar-refractivity contribution < 1.29 is 9.90 Å². The maximum absolute atomic E-state index is 11.6. The maximum atomic E-state index is 11.6. The Balaban J connectivity index is 3.92. The van der Waals surface area contributed by atoms with Crippen molar-refractivity contribution in [2.45, 2.75) is 46.1 Å². The van der Waals surface area contributed by atoms with E-state index in [0.29, 0.717) is 18.9 Å². The summed E-state index contributed by atoms with van der Waals surface area (Å²) in [5.41, 5.74) is 4.77. The minimum absolute atomic E-state index is 0.0294. The highest BCUT2D eigenvalue weighted by Gasteiger charge is 2.17. The van der Waals surface area contributed by atoms with Crippen LogP contribution in [-0.4, -0.2) is 29.7 Å². The topological polar surface area (TPSA) is 75.4 Å². The zero-order valence-electron chi connectivity index (χ0n) is 10.9. The van der Waals surface area contributed by atoms with E-state index >= 15 is 0 Å². The Kier molecular flexibility index (Phi) is 6.60. The molecule has 96 valence electrons. The first-order valence-electron chi connectivity index (χ1n) is 5.93. The summed E-state index contributed by atoms with van der Waals surface area (Å²) in [5, 5.41) is 12.2. The molecule has 4 nitrogen and oxygen atoms in total. The summed E-state index contributed by atoms with van der Waals surface area (Å²) in [5.74, 6) is 0.760. The largest absolute Gasteiger partial charge is 0.389 e. The molecule has 0 aromatic carbocycles. The van der Waals surface area contributed by atoms with Gasteiger partial charge in [0.05, 0.1) is 5.60 Å². The molecule has 0 radical (unpaired) electrons. The van der Waals surface area contributed by atoms with Gasteiger partial charge >= 0.3 is 0 Å². The zero-order chi connectivity index (χ0) is 12.8. The van der Waals surface area contributed by atoms with Crippen molar-refractivity contribution in [2.24, 2.45) is 17.6 Å². The normalized spacial score (nSPS) is 13.9. The van der Waals surface area contributed by atoms with Crippen molar-refractivity contribution in [1.29, 1.82) is 0 Å². The molecule has 0 aromatic rings. The third-order valence-electron chi connectivity index (χ3n) is 2.33. The molecule has 0 rings (SSSR count). The average molecular weight is 230 g/mol. The fourth-order valence-electron chi connectivity index (χ4n) is 1.58. The second-order valence-corrected chi connectivity index (χ2v) is 5.52. The van der Waals surface area contributed by atoms with Crippen molar-refractivity contribution in [1.82, 2.24) is 5.32 Å². The standard InChI is InChI=1S/C12H26N2O2/c1-9(2)5-10(7-13)6-11(15)14-8-12(3,4)16/h9-10,16H,5-8,13H2,1-4H3,(H,14,15)/t10-/m0/s1. The molecule has 16 heavy (non-hydrogen) atoms. The summed E-state index contributed by atoms with van der Waals surface area (Å²) >= 11 is 0. The Hall–Kier alpha value is -0.610. The first-order valence-corrected chi connectivity index (χ1v) is 5.93. The van der Waals surface area contributed by atoms with E-state index in [-0.39, 0.29) is 18.4 Å². The smallest absolute Gasteiger partial charge is 0.220 e. The van der Waals surface area contributed by atoms with Crippen molar-refractivity contribution in [3.05, 3.63) is 0 Å². The van der Waals surface area contributed by atoms with E-state index in [1.54, 1.807) is 13.8 Å². The van der Waals surface area contributed by atoms with Crippen LogP contribution in [0.4, 0.5) is 0 Å². The van der Waals surface area contributed by atoms with Crippen LogP contribution in [0.25, 0.3) is 0 Å². The van der Waals surface area contributed by atoms with Crippen molar-refractivity contribution in [3.63, 3.8) is 0 Å². The van der Waals surface area contributed by atoms with Crippen molar-refractivity contribution in [2.75, 3.05) is 13.1 Å². The van der Waals surface area contributed by atoms with Crippen LogP contribution in [0.5, 0.6) is 0 Å². The predicted octanol–water partition coefficient (Wildman–Crippen LogP) is 0.885. The Labute approximate surface area is 98.6 Å². The highest BCUT2D eigenvalue weighted by molar-refractivity contribution is 5.76. The Morgan fingerprint density at radius 3 is 2.38 bits per heavy atom. The number of carbonyl (C=O) groups is 1. The van der Waals surface area contributed by atoms with E-state index in [1.165, 1.54) is 0 Å². The Morgan fingerprint density at radius 2 is 2.00 bits per heavy atom. The van der Waals surface area contributed by atoms with Crippen LogP contribution in [0.15, 0.2) is 0 Å². The molecule has 0 heterocycles. The molecule has 0 spiro atoms. The molecule has 0 aromatic heterocycles. The molecule has 1 amide bonds. The van der Waals surface area contributed by atoms with Gasteiger partial charge in [-0.25, -0.2) is 0 Å². The van der Waals surface area contributed by atoms with Crippen LogP contribution in [0, 0.1) is 11.8 Å². The number of carbonyl (C=O) groups excluding carboxylic acids is 1. The van der Waals surface area contributed by atoms with E-state index < -0.39 is 5.60 Å². The van der Waals surface area contributed by atoms with E-state index in [2.05, 4.69) is 19.2 Å². The first kappa shape index (κ1) is 15.4. The van der Waals surface area contributed by atoms with Gasteiger partial charge in [0.15, 0.2) is 0 Å². The van der Waals surface area contributed by atoms with Crippen LogP contribution in [0.1, 0.15) is 40.5 Å². The summed E-state index contributed by atoms with van der Waals surface area (Å²) < 4.78 is 0. The van der Waals surface area contributed by atoms with Gasteiger partial charge < -0.3 is 16.2 Å². The number of nitrogens with one attached hydrogen (secondary N) is 1. The molecule has 0 fully saturated rings. The lowest BCUT2D eigenvalue weighted by Gasteiger charge is -2.20. The molecule has 0 saturated heterocycles. The quantitative estimate of drug-likeness (QED) is 0.608.